The van der Waals surface area contributed by atoms with Crippen LogP contribution < -0.4 is 0 Å². The van der Waals surface area contributed by atoms with Crippen molar-refractivity contribution in [3.63, 3.8) is 0 Å². The number of fused-ring (bicyclic) bond motifs is 5. The molecule has 0 saturated heterocycles. The van der Waals surface area contributed by atoms with Gasteiger partial charge in [0, 0.05) is 12.8 Å². The van der Waals surface area contributed by atoms with Gasteiger partial charge in [0.1, 0.15) is 5.78 Å². The van der Waals surface area contributed by atoms with E-state index in [1.54, 1.807) is 0 Å². The first kappa shape index (κ1) is 31.3. The van der Waals surface area contributed by atoms with Crippen LogP contribution in [0.1, 0.15) is 164 Å². The highest BCUT2D eigenvalue weighted by atomic mass is 16.1. The maximum atomic E-state index is 11.8. The second-order valence-electron chi connectivity index (χ2n) is 16.0. The number of Topliss-reactive ketones (excluding diaryl/α,β-unsaturated/α-hetero) is 1. The van der Waals surface area contributed by atoms with E-state index in [1.165, 1.54) is 89.9 Å². The van der Waals surface area contributed by atoms with E-state index in [1.807, 2.05) is 5.57 Å². The molecule has 0 heterocycles. The fourth-order valence-electron chi connectivity index (χ4n) is 11.0. The summed E-state index contributed by atoms with van der Waals surface area (Å²) in [4.78, 5) is 11.8. The minimum absolute atomic E-state index is 0.482. The minimum atomic E-state index is 0.482. The zero-order valence-electron chi connectivity index (χ0n) is 27.3. The lowest BCUT2D eigenvalue weighted by molar-refractivity contribution is -0.119. The normalized spacial score (nSPS) is 37.5. The first-order valence-electron chi connectivity index (χ1n) is 17.8. The monoisotopic (exact) mass is 539 g/mol. The van der Waals surface area contributed by atoms with Gasteiger partial charge in [-0.15, -0.1) is 0 Å². The number of ketones is 1. The number of rotatable bonds is 14. The molecule has 0 amide bonds. The maximum absolute atomic E-state index is 11.8. The van der Waals surface area contributed by atoms with Gasteiger partial charge in [0.2, 0.25) is 0 Å². The van der Waals surface area contributed by atoms with Crippen molar-refractivity contribution in [2.45, 2.75) is 164 Å². The Bertz CT molecular complexity index is 823. The average Bonchev–Trinajstić information content (AvgIpc) is 3.26. The van der Waals surface area contributed by atoms with Crippen molar-refractivity contribution < 1.29 is 4.79 Å². The molecule has 0 bridgehead atoms. The predicted molar refractivity (Wildman–Crippen MR) is 169 cm³/mol. The highest BCUT2D eigenvalue weighted by molar-refractivity contribution is 5.78. The van der Waals surface area contributed by atoms with Gasteiger partial charge in [-0.1, -0.05) is 92.2 Å². The highest BCUT2D eigenvalue weighted by Gasteiger charge is 2.59. The van der Waals surface area contributed by atoms with Crippen LogP contribution in [0.15, 0.2) is 11.6 Å². The Hall–Kier alpha value is -0.590. The second kappa shape index (κ2) is 13.6. The summed E-state index contributed by atoms with van der Waals surface area (Å²) in [7, 11) is 0. The first-order chi connectivity index (χ1) is 18.6. The fourth-order valence-corrected chi connectivity index (χ4v) is 11.0. The van der Waals surface area contributed by atoms with E-state index in [4.69, 9.17) is 0 Å². The van der Waals surface area contributed by atoms with Gasteiger partial charge >= 0.3 is 0 Å². The van der Waals surface area contributed by atoms with Gasteiger partial charge in [-0.25, -0.2) is 0 Å². The zero-order chi connectivity index (χ0) is 28.2. The Kier molecular flexibility index (Phi) is 10.9. The molecule has 9 atom stereocenters. The van der Waals surface area contributed by atoms with Crippen molar-refractivity contribution in [1.29, 1.82) is 0 Å². The Labute approximate surface area is 244 Å². The van der Waals surface area contributed by atoms with E-state index in [2.05, 4.69) is 54.5 Å². The summed E-state index contributed by atoms with van der Waals surface area (Å²) in [5, 5.41) is 0. The molecular formula is C38H66O. The molecule has 3 fully saturated rings. The molecule has 0 radical (unpaired) electrons. The standard InChI is InChI=1S/C38H66O/c1-8-13-32(39)15-12-10-11-14-29-22-24-37(6)31(26-29)18-19-33-35-21-20-34(38(35,7)25-23-36(33)37)28(5)16-17-30(9-2)27(3)4/h18,27-30,33-36H,8-17,19-26H2,1-7H3/t28-,29+,30-,33-,34?,35+,36?,37?,38?/m1/s1. The van der Waals surface area contributed by atoms with Crippen molar-refractivity contribution in [2.24, 2.45) is 58.2 Å². The third-order valence-corrected chi connectivity index (χ3v) is 13.5. The van der Waals surface area contributed by atoms with E-state index < -0.39 is 0 Å². The van der Waals surface area contributed by atoms with Crippen LogP contribution in [0.5, 0.6) is 0 Å². The molecule has 4 aliphatic rings. The Morgan fingerprint density at radius 1 is 0.923 bits per heavy atom. The Balaban J connectivity index is 1.32. The van der Waals surface area contributed by atoms with Crippen LogP contribution in [0, 0.1) is 58.2 Å². The number of allylic oxidation sites excluding steroid dienone is 2. The van der Waals surface area contributed by atoms with Gasteiger partial charge in [0.15, 0.2) is 0 Å². The van der Waals surface area contributed by atoms with E-state index in [-0.39, 0.29) is 0 Å². The zero-order valence-corrected chi connectivity index (χ0v) is 27.3. The van der Waals surface area contributed by atoms with Gasteiger partial charge in [0.25, 0.3) is 0 Å². The lowest BCUT2D eigenvalue weighted by atomic mass is 9.46. The smallest absolute Gasteiger partial charge is 0.132 e. The third kappa shape index (κ3) is 6.74. The summed E-state index contributed by atoms with van der Waals surface area (Å²) in [6, 6.07) is 0. The minimum Gasteiger partial charge on any atom is -0.300 e. The highest BCUT2D eigenvalue weighted by Crippen LogP contribution is 2.67. The molecule has 0 aromatic rings. The molecule has 1 nitrogen and oxygen atoms in total. The molecule has 4 aliphatic carbocycles. The number of carbonyl (C=O) groups is 1. The van der Waals surface area contributed by atoms with Crippen LogP contribution in [-0.4, -0.2) is 5.78 Å². The Morgan fingerprint density at radius 2 is 1.72 bits per heavy atom. The number of unbranched alkanes of at least 4 members (excludes halogenated alkanes) is 2. The SMILES string of the molecule is CCCC(=O)CCCCC[C@H]1CCC2(C)C(=CC[C@H]3C2CCC2(C)C([C@H](C)CC[C@@H](CC)C(C)C)CC[C@@H]32)C1. The predicted octanol–water partition coefficient (Wildman–Crippen LogP) is 11.6. The number of hydrogen-bond donors (Lipinski definition) is 0. The molecular weight excluding hydrogens is 472 g/mol. The van der Waals surface area contributed by atoms with Gasteiger partial charge in [-0.05, 0) is 129 Å². The molecule has 4 rings (SSSR count). The lowest BCUT2D eigenvalue weighted by Gasteiger charge is -2.58. The van der Waals surface area contributed by atoms with E-state index in [0.717, 1.165) is 73.0 Å². The molecule has 39 heavy (non-hydrogen) atoms. The molecule has 0 aromatic heterocycles. The van der Waals surface area contributed by atoms with Crippen molar-refractivity contribution in [3.05, 3.63) is 11.6 Å². The van der Waals surface area contributed by atoms with E-state index in [9.17, 15) is 4.79 Å². The number of carbonyl (C=O) groups excluding carboxylic acids is 1. The lowest BCUT2D eigenvalue weighted by Crippen LogP contribution is -2.50. The van der Waals surface area contributed by atoms with Crippen LogP contribution in [0.4, 0.5) is 0 Å². The summed E-state index contributed by atoms with van der Waals surface area (Å²) >= 11 is 0. The van der Waals surface area contributed by atoms with Crippen LogP contribution in [0.3, 0.4) is 0 Å². The fraction of sp³-hybridized carbons (Fsp3) is 0.921. The molecule has 4 unspecified atom stereocenters. The van der Waals surface area contributed by atoms with Crippen LogP contribution in [-0.2, 0) is 4.79 Å². The van der Waals surface area contributed by atoms with Crippen LogP contribution in [0.25, 0.3) is 0 Å². The van der Waals surface area contributed by atoms with Crippen molar-refractivity contribution >= 4 is 5.78 Å². The van der Waals surface area contributed by atoms with Gasteiger partial charge < -0.3 is 0 Å². The summed E-state index contributed by atoms with van der Waals surface area (Å²) in [6.07, 6.45) is 26.4. The van der Waals surface area contributed by atoms with Crippen molar-refractivity contribution in [1.82, 2.24) is 0 Å². The van der Waals surface area contributed by atoms with Gasteiger partial charge in [0.05, 0.1) is 0 Å². The summed E-state index contributed by atoms with van der Waals surface area (Å²) in [5.41, 5.74) is 2.95. The molecule has 0 spiro atoms. The molecule has 3 saturated carbocycles. The summed E-state index contributed by atoms with van der Waals surface area (Å²) in [6.45, 7) is 17.5. The molecule has 1 heteroatoms. The summed E-state index contributed by atoms with van der Waals surface area (Å²) in [5.74, 6) is 7.86. The Morgan fingerprint density at radius 3 is 2.44 bits per heavy atom. The van der Waals surface area contributed by atoms with Crippen molar-refractivity contribution in [3.8, 4) is 0 Å². The molecule has 0 aliphatic heterocycles. The van der Waals surface area contributed by atoms with E-state index >= 15 is 0 Å². The third-order valence-electron chi connectivity index (χ3n) is 13.5. The van der Waals surface area contributed by atoms with Gasteiger partial charge in [-0.2, -0.15) is 0 Å². The average molecular weight is 539 g/mol. The van der Waals surface area contributed by atoms with Crippen LogP contribution >= 0.6 is 0 Å². The molecule has 0 N–H and O–H groups in total. The second-order valence-corrected chi connectivity index (χ2v) is 16.0. The first-order valence-corrected chi connectivity index (χ1v) is 17.8. The number of hydrogen-bond acceptors (Lipinski definition) is 1. The largest absolute Gasteiger partial charge is 0.300 e. The van der Waals surface area contributed by atoms with Crippen LogP contribution in [0.2, 0.25) is 0 Å². The van der Waals surface area contributed by atoms with E-state index in [0.29, 0.717) is 16.6 Å². The molecule has 0 aromatic carbocycles. The molecule has 224 valence electrons. The van der Waals surface area contributed by atoms with Gasteiger partial charge in [-0.3, -0.25) is 4.79 Å². The topological polar surface area (TPSA) is 17.1 Å². The summed E-state index contributed by atoms with van der Waals surface area (Å²) < 4.78 is 0. The quantitative estimate of drug-likeness (QED) is 0.159. The van der Waals surface area contributed by atoms with Crippen molar-refractivity contribution in [2.75, 3.05) is 0 Å². The maximum Gasteiger partial charge on any atom is 0.132 e.